The Morgan fingerprint density at radius 1 is 1.16 bits per heavy atom. The van der Waals surface area contributed by atoms with Gasteiger partial charge in [-0.05, 0) is 18.1 Å². The third kappa shape index (κ3) is 4.82. The lowest BCUT2D eigenvalue weighted by molar-refractivity contribution is -0.120. The molecule has 0 aliphatic carbocycles. The number of nitrogens with one attached hydrogen (secondary N) is 1. The summed E-state index contributed by atoms with van der Waals surface area (Å²) in [5.74, 6) is 0.524. The second-order valence-electron chi connectivity index (χ2n) is 6.29. The van der Waals surface area contributed by atoms with Gasteiger partial charge in [-0.3, -0.25) is 10.1 Å². The van der Waals surface area contributed by atoms with Gasteiger partial charge < -0.3 is 5.73 Å². The Morgan fingerprint density at radius 3 is 2.32 bits per heavy atom. The van der Waals surface area contributed by atoms with Crippen LogP contribution in [0, 0.1) is 5.92 Å². The van der Waals surface area contributed by atoms with E-state index >= 15 is 0 Å². The van der Waals surface area contributed by atoms with E-state index in [0.717, 1.165) is 11.5 Å². The predicted molar refractivity (Wildman–Crippen MR) is 97.7 cm³/mol. The van der Waals surface area contributed by atoms with Crippen LogP contribution >= 0.6 is 11.8 Å². The Hall–Kier alpha value is -2.35. The molecule has 1 heterocycles. The zero-order chi connectivity index (χ0) is 18.6. The Bertz CT molecular complexity index is 743. The molecule has 0 aliphatic heterocycles. The first-order valence-electron chi connectivity index (χ1n) is 8.09. The van der Waals surface area contributed by atoms with Gasteiger partial charge in [0.15, 0.2) is 0 Å². The van der Waals surface area contributed by atoms with Crippen molar-refractivity contribution in [1.82, 2.24) is 20.1 Å². The SMILES string of the molecule is CC(C)c1nc(SC(C(=O)NC(N)=O)C(C)C)nn1-c1ccccc1. The van der Waals surface area contributed by atoms with Crippen LogP contribution < -0.4 is 11.1 Å². The van der Waals surface area contributed by atoms with Crippen molar-refractivity contribution in [2.24, 2.45) is 11.7 Å². The van der Waals surface area contributed by atoms with E-state index < -0.39 is 17.2 Å². The summed E-state index contributed by atoms with van der Waals surface area (Å²) in [7, 11) is 0. The predicted octanol–water partition coefficient (Wildman–Crippen LogP) is 2.70. The molecule has 1 atom stereocenters. The molecule has 1 unspecified atom stereocenters. The molecule has 0 bridgehead atoms. The van der Waals surface area contributed by atoms with Crippen molar-refractivity contribution in [3.63, 3.8) is 0 Å². The van der Waals surface area contributed by atoms with Gasteiger partial charge in [0.1, 0.15) is 5.82 Å². The van der Waals surface area contributed by atoms with E-state index in [9.17, 15) is 9.59 Å². The summed E-state index contributed by atoms with van der Waals surface area (Å²) in [5.41, 5.74) is 5.96. The van der Waals surface area contributed by atoms with Crippen molar-refractivity contribution in [3.8, 4) is 5.69 Å². The monoisotopic (exact) mass is 361 g/mol. The summed E-state index contributed by atoms with van der Waals surface area (Å²) in [6.45, 7) is 7.88. The van der Waals surface area contributed by atoms with Crippen LogP contribution in [0.1, 0.15) is 39.4 Å². The lowest BCUT2D eigenvalue weighted by atomic mass is 10.1. The first-order chi connectivity index (χ1) is 11.8. The topological polar surface area (TPSA) is 103 Å². The van der Waals surface area contributed by atoms with Crippen molar-refractivity contribution in [1.29, 1.82) is 0 Å². The molecular weight excluding hydrogens is 338 g/mol. The van der Waals surface area contributed by atoms with Gasteiger partial charge in [-0.15, -0.1) is 5.10 Å². The number of aromatic nitrogens is 3. The standard InChI is InChI=1S/C17H23N5O2S/c1-10(2)13(15(23)20-16(18)24)25-17-19-14(11(3)4)22(21-17)12-8-6-5-7-9-12/h5-11,13H,1-4H3,(H3,18,20,23,24). The maximum atomic E-state index is 12.2. The maximum absolute atomic E-state index is 12.2. The van der Waals surface area contributed by atoms with E-state index in [2.05, 4.69) is 15.4 Å². The molecule has 0 saturated carbocycles. The highest BCUT2D eigenvalue weighted by atomic mass is 32.2. The van der Waals surface area contributed by atoms with Crippen LogP contribution in [0.4, 0.5) is 4.79 Å². The Balaban J connectivity index is 2.32. The van der Waals surface area contributed by atoms with Gasteiger partial charge in [0.05, 0.1) is 10.9 Å². The van der Waals surface area contributed by atoms with E-state index in [1.807, 2.05) is 58.0 Å². The summed E-state index contributed by atoms with van der Waals surface area (Å²) in [6.07, 6.45) is 0. The number of nitrogens with two attached hydrogens (primary N) is 1. The van der Waals surface area contributed by atoms with E-state index in [1.54, 1.807) is 4.68 Å². The molecule has 7 nitrogen and oxygen atoms in total. The molecule has 0 saturated heterocycles. The van der Waals surface area contributed by atoms with Gasteiger partial charge in [0.25, 0.3) is 0 Å². The van der Waals surface area contributed by atoms with Crippen molar-refractivity contribution in [2.45, 2.75) is 44.0 Å². The molecule has 2 aromatic rings. The highest BCUT2D eigenvalue weighted by Crippen LogP contribution is 2.28. The first-order valence-corrected chi connectivity index (χ1v) is 8.97. The number of hydrogen-bond donors (Lipinski definition) is 2. The van der Waals surface area contributed by atoms with Crippen molar-refractivity contribution in [2.75, 3.05) is 0 Å². The molecule has 3 N–H and O–H groups in total. The molecular formula is C17H23N5O2S. The van der Waals surface area contributed by atoms with Gasteiger partial charge in [-0.25, -0.2) is 14.5 Å². The number of para-hydroxylation sites is 1. The van der Waals surface area contributed by atoms with Crippen LogP contribution in [0.15, 0.2) is 35.5 Å². The number of primary amides is 1. The summed E-state index contributed by atoms with van der Waals surface area (Å²) in [4.78, 5) is 27.8. The van der Waals surface area contributed by atoms with E-state index in [4.69, 9.17) is 5.73 Å². The minimum Gasteiger partial charge on any atom is -0.351 e. The largest absolute Gasteiger partial charge is 0.351 e. The molecule has 3 amide bonds. The maximum Gasteiger partial charge on any atom is 0.318 e. The molecule has 0 spiro atoms. The molecule has 1 aromatic heterocycles. The molecule has 25 heavy (non-hydrogen) atoms. The Kier molecular flexibility index (Phi) is 6.19. The molecule has 0 radical (unpaired) electrons. The normalized spacial score (nSPS) is 12.4. The number of nitrogens with zero attached hydrogens (tertiary/aromatic N) is 3. The number of urea groups is 1. The lowest BCUT2D eigenvalue weighted by Crippen LogP contribution is -2.42. The van der Waals surface area contributed by atoms with Crippen LogP contribution in [0.2, 0.25) is 0 Å². The number of thioether (sulfide) groups is 1. The van der Waals surface area contributed by atoms with Gasteiger partial charge in [-0.1, -0.05) is 57.7 Å². The van der Waals surface area contributed by atoms with Gasteiger partial charge in [-0.2, -0.15) is 0 Å². The number of hydrogen-bond acceptors (Lipinski definition) is 5. The number of imide groups is 1. The molecule has 1 aromatic carbocycles. The van der Waals surface area contributed by atoms with Gasteiger partial charge in [0, 0.05) is 5.92 Å². The van der Waals surface area contributed by atoms with Gasteiger partial charge in [0.2, 0.25) is 11.1 Å². The Labute approximate surface area is 151 Å². The minimum atomic E-state index is -0.859. The van der Waals surface area contributed by atoms with Crippen molar-refractivity contribution in [3.05, 3.63) is 36.2 Å². The third-order valence-corrected chi connectivity index (χ3v) is 4.87. The van der Waals surface area contributed by atoms with E-state index in [1.165, 1.54) is 11.8 Å². The summed E-state index contributed by atoms with van der Waals surface area (Å²) >= 11 is 1.23. The number of carbonyl (C=O) groups is 2. The number of amides is 3. The zero-order valence-corrected chi connectivity index (χ0v) is 15.6. The number of benzene rings is 1. The molecule has 0 fully saturated rings. The van der Waals surface area contributed by atoms with Crippen molar-refractivity contribution >= 4 is 23.7 Å². The van der Waals surface area contributed by atoms with E-state index in [0.29, 0.717) is 5.16 Å². The molecule has 134 valence electrons. The summed E-state index contributed by atoms with van der Waals surface area (Å²) in [6, 6.07) is 8.86. The second-order valence-corrected chi connectivity index (χ2v) is 7.40. The summed E-state index contributed by atoms with van der Waals surface area (Å²) in [5, 5.41) is 6.67. The summed E-state index contributed by atoms with van der Waals surface area (Å²) < 4.78 is 1.79. The van der Waals surface area contributed by atoms with Crippen LogP contribution in [0.5, 0.6) is 0 Å². The van der Waals surface area contributed by atoms with Crippen LogP contribution in [-0.4, -0.2) is 32.0 Å². The lowest BCUT2D eigenvalue weighted by Gasteiger charge is -2.16. The highest BCUT2D eigenvalue weighted by Gasteiger charge is 2.27. The molecule has 2 rings (SSSR count). The highest BCUT2D eigenvalue weighted by molar-refractivity contribution is 8.00. The smallest absolute Gasteiger partial charge is 0.318 e. The zero-order valence-electron chi connectivity index (χ0n) is 14.8. The second kappa shape index (κ2) is 8.15. The van der Waals surface area contributed by atoms with Crippen molar-refractivity contribution < 1.29 is 9.59 Å². The average molecular weight is 361 g/mol. The number of rotatable bonds is 6. The third-order valence-electron chi connectivity index (χ3n) is 3.47. The fourth-order valence-electron chi connectivity index (χ4n) is 2.29. The fourth-order valence-corrected chi connectivity index (χ4v) is 3.23. The first kappa shape index (κ1) is 19.0. The quantitative estimate of drug-likeness (QED) is 0.770. The van der Waals surface area contributed by atoms with Crippen LogP contribution in [0.3, 0.4) is 0 Å². The number of carbonyl (C=O) groups excluding carboxylic acids is 2. The molecule has 0 aliphatic rings. The minimum absolute atomic E-state index is 0.0180. The Morgan fingerprint density at radius 2 is 1.80 bits per heavy atom. The molecule has 8 heteroatoms. The van der Waals surface area contributed by atoms with E-state index in [-0.39, 0.29) is 11.8 Å². The van der Waals surface area contributed by atoms with Crippen LogP contribution in [-0.2, 0) is 4.79 Å². The van der Waals surface area contributed by atoms with Gasteiger partial charge >= 0.3 is 6.03 Å². The van der Waals surface area contributed by atoms with Crippen LogP contribution in [0.25, 0.3) is 5.69 Å². The fraction of sp³-hybridized carbons (Fsp3) is 0.412. The average Bonchev–Trinajstić information content (AvgIpc) is 2.96.